The SMILES string of the molecule is CC(C)C(=O)c1cc(F)ccc1N. The summed E-state index contributed by atoms with van der Waals surface area (Å²) in [6, 6.07) is 3.83. The van der Waals surface area contributed by atoms with Gasteiger partial charge in [0.2, 0.25) is 0 Å². The molecule has 1 rings (SSSR count). The van der Waals surface area contributed by atoms with Crippen molar-refractivity contribution in [1.29, 1.82) is 0 Å². The largest absolute Gasteiger partial charge is 0.398 e. The van der Waals surface area contributed by atoms with Gasteiger partial charge in [-0.2, -0.15) is 0 Å². The Balaban J connectivity index is 3.13. The second-order valence-corrected chi connectivity index (χ2v) is 3.25. The van der Waals surface area contributed by atoms with Gasteiger partial charge in [-0.15, -0.1) is 0 Å². The molecule has 0 bridgehead atoms. The lowest BCUT2D eigenvalue weighted by Gasteiger charge is -2.06. The molecule has 0 saturated heterocycles. The summed E-state index contributed by atoms with van der Waals surface area (Å²) in [5.41, 5.74) is 6.15. The van der Waals surface area contributed by atoms with Crippen molar-refractivity contribution in [3.8, 4) is 0 Å². The maximum absolute atomic E-state index is 12.8. The second-order valence-electron chi connectivity index (χ2n) is 3.25. The fourth-order valence-electron chi connectivity index (χ4n) is 1.05. The molecule has 0 heterocycles. The van der Waals surface area contributed by atoms with E-state index in [9.17, 15) is 9.18 Å². The van der Waals surface area contributed by atoms with E-state index in [1.165, 1.54) is 18.2 Å². The van der Waals surface area contributed by atoms with E-state index in [0.717, 1.165) is 0 Å². The van der Waals surface area contributed by atoms with Gasteiger partial charge in [-0.1, -0.05) is 13.8 Å². The minimum Gasteiger partial charge on any atom is -0.398 e. The van der Waals surface area contributed by atoms with E-state index in [2.05, 4.69) is 0 Å². The third-order valence-corrected chi connectivity index (χ3v) is 1.81. The van der Waals surface area contributed by atoms with Gasteiger partial charge in [0.15, 0.2) is 5.78 Å². The molecule has 0 aliphatic carbocycles. The van der Waals surface area contributed by atoms with E-state index in [-0.39, 0.29) is 17.3 Å². The van der Waals surface area contributed by atoms with Crippen molar-refractivity contribution in [1.82, 2.24) is 0 Å². The number of hydrogen-bond acceptors (Lipinski definition) is 2. The van der Waals surface area contributed by atoms with E-state index in [0.29, 0.717) is 5.69 Å². The summed E-state index contributed by atoms with van der Waals surface area (Å²) in [4.78, 5) is 11.5. The number of nitrogen functional groups attached to an aromatic ring is 1. The number of ketones is 1. The minimum atomic E-state index is -0.432. The molecule has 0 unspecified atom stereocenters. The molecule has 1 aromatic rings. The molecule has 2 nitrogen and oxygen atoms in total. The summed E-state index contributed by atoms with van der Waals surface area (Å²) in [7, 11) is 0. The van der Waals surface area contributed by atoms with Gasteiger partial charge in [-0.25, -0.2) is 4.39 Å². The zero-order valence-corrected chi connectivity index (χ0v) is 7.67. The number of carbonyl (C=O) groups is 1. The van der Waals surface area contributed by atoms with Crippen molar-refractivity contribution in [2.24, 2.45) is 5.92 Å². The van der Waals surface area contributed by atoms with Crippen LogP contribution in [-0.4, -0.2) is 5.78 Å². The van der Waals surface area contributed by atoms with Crippen LogP contribution in [0.25, 0.3) is 0 Å². The normalized spacial score (nSPS) is 10.5. The molecular weight excluding hydrogens is 169 g/mol. The van der Waals surface area contributed by atoms with Crippen LogP contribution in [0.5, 0.6) is 0 Å². The first-order valence-electron chi connectivity index (χ1n) is 4.11. The number of carbonyl (C=O) groups excluding carboxylic acids is 1. The van der Waals surface area contributed by atoms with Crippen LogP contribution in [-0.2, 0) is 0 Å². The van der Waals surface area contributed by atoms with Crippen LogP contribution in [0, 0.1) is 11.7 Å². The second kappa shape index (κ2) is 3.56. The summed E-state index contributed by atoms with van der Waals surface area (Å²) in [5.74, 6) is -0.723. The minimum absolute atomic E-state index is 0.128. The predicted molar refractivity (Wildman–Crippen MR) is 50.0 cm³/mol. The van der Waals surface area contributed by atoms with Crippen molar-refractivity contribution in [2.45, 2.75) is 13.8 Å². The van der Waals surface area contributed by atoms with Crippen LogP contribution in [0.4, 0.5) is 10.1 Å². The first kappa shape index (κ1) is 9.71. The van der Waals surface area contributed by atoms with E-state index in [1.807, 2.05) is 0 Å². The molecule has 0 aliphatic rings. The van der Waals surface area contributed by atoms with Gasteiger partial charge in [0.05, 0.1) is 0 Å². The predicted octanol–water partition coefficient (Wildman–Crippen LogP) is 2.25. The van der Waals surface area contributed by atoms with E-state index >= 15 is 0 Å². The van der Waals surface area contributed by atoms with Crippen molar-refractivity contribution in [3.63, 3.8) is 0 Å². The fourth-order valence-corrected chi connectivity index (χ4v) is 1.05. The topological polar surface area (TPSA) is 43.1 Å². The van der Waals surface area contributed by atoms with Crippen LogP contribution in [0.3, 0.4) is 0 Å². The molecule has 0 fully saturated rings. The molecule has 0 aromatic heterocycles. The number of nitrogens with two attached hydrogens (primary N) is 1. The van der Waals surface area contributed by atoms with Gasteiger partial charge in [0, 0.05) is 17.2 Å². The van der Waals surface area contributed by atoms with Crippen LogP contribution < -0.4 is 5.73 Å². The van der Waals surface area contributed by atoms with Crippen molar-refractivity contribution in [2.75, 3.05) is 5.73 Å². The van der Waals surface area contributed by atoms with Gasteiger partial charge in [-0.3, -0.25) is 4.79 Å². The highest BCUT2D eigenvalue weighted by atomic mass is 19.1. The molecular formula is C10H12FNO. The van der Waals surface area contributed by atoms with E-state index < -0.39 is 5.82 Å². The maximum atomic E-state index is 12.8. The molecule has 0 amide bonds. The number of rotatable bonds is 2. The van der Waals surface area contributed by atoms with Crippen LogP contribution in [0.15, 0.2) is 18.2 Å². The molecule has 0 spiro atoms. The van der Waals surface area contributed by atoms with Gasteiger partial charge >= 0.3 is 0 Å². The summed E-state index contributed by atoms with van der Waals surface area (Å²) in [5, 5.41) is 0. The first-order valence-corrected chi connectivity index (χ1v) is 4.11. The number of halogens is 1. The zero-order chi connectivity index (χ0) is 10.0. The molecule has 2 N–H and O–H groups in total. The van der Waals surface area contributed by atoms with Crippen LogP contribution >= 0.6 is 0 Å². The average Bonchev–Trinajstić information content (AvgIpc) is 2.08. The lowest BCUT2D eigenvalue weighted by atomic mass is 10.00. The molecule has 3 heteroatoms. The summed E-state index contributed by atoms with van der Waals surface area (Å²) in [6.45, 7) is 3.51. The van der Waals surface area contributed by atoms with Crippen molar-refractivity contribution in [3.05, 3.63) is 29.6 Å². The molecule has 0 aliphatic heterocycles. The lowest BCUT2D eigenvalue weighted by Crippen LogP contribution is -2.10. The summed E-state index contributed by atoms with van der Waals surface area (Å²) < 4.78 is 12.8. The molecule has 0 radical (unpaired) electrons. The fraction of sp³-hybridized carbons (Fsp3) is 0.300. The highest BCUT2D eigenvalue weighted by Gasteiger charge is 2.13. The Morgan fingerprint density at radius 3 is 2.62 bits per heavy atom. The van der Waals surface area contributed by atoms with Crippen molar-refractivity contribution < 1.29 is 9.18 Å². The smallest absolute Gasteiger partial charge is 0.167 e. The van der Waals surface area contributed by atoms with E-state index in [1.54, 1.807) is 13.8 Å². The average molecular weight is 181 g/mol. The summed E-state index contributed by atoms with van der Waals surface area (Å²) >= 11 is 0. The Kier molecular flexibility index (Phi) is 2.66. The monoisotopic (exact) mass is 181 g/mol. The third kappa shape index (κ3) is 2.05. The van der Waals surface area contributed by atoms with Gasteiger partial charge in [0.1, 0.15) is 5.82 Å². The molecule has 70 valence electrons. The Bertz CT molecular complexity index is 334. The number of Topliss-reactive ketones (excluding diaryl/α,β-unsaturated/α-hetero) is 1. The maximum Gasteiger partial charge on any atom is 0.167 e. The van der Waals surface area contributed by atoms with Crippen LogP contribution in [0.1, 0.15) is 24.2 Å². The molecule has 0 saturated carbocycles. The highest BCUT2D eigenvalue weighted by Crippen LogP contribution is 2.17. The third-order valence-electron chi connectivity index (χ3n) is 1.81. The first-order chi connectivity index (χ1) is 6.02. The Labute approximate surface area is 76.6 Å². The number of benzene rings is 1. The van der Waals surface area contributed by atoms with E-state index in [4.69, 9.17) is 5.73 Å². The molecule has 13 heavy (non-hydrogen) atoms. The number of hydrogen-bond donors (Lipinski definition) is 1. The standard InChI is InChI=1S/C10H12FNO/c1-6(2)10(13)8-5-7(11)3-4-9(8)12/h3-6H,12H2,1-2H3. The quantitative estimate of drug-likeness (QED) is 0.561. The Hall–Kier alpha value is -1.38. The molecule has 1 aromatic carbocycles. The van der Waals surface area contributed by atoms with Crippen molar-refractivity contribution >= 4 is 11.5 Å². The zero-order valence-electron chi connectivity index (χ0n) is 7.67. The van der Waals surface area contributed by atoms with Gasteiger partial charge in [0.25, 0.3) is 0 Å². The summed E-state index contributed by atoms with van der Waals surface area (Å²) in [6.07, 6.45) is 0. The highest BCUT2D eigenvalue weighted by molar-refractivity contribution is 6.01. The Morgan fingerprint density at radius 2 is 2.08 bits per heavy atom. The van der Waals surface area contributed by atoms with Gasteiger partial charge < -0.3 is 5.73 Å². The molecule has 0 atom stereocenters. The van der Waals surface area contributed by atoms with Gasteiger partial charge in [-0.05, 0) is 18.2 Å². The lowest BCUT2D eigenvalue weighted by molar-refractivity contribution is 0.0940. The number of anilines is 1. The Morgan fingerprint density at radius 1 is 1.46 bits per heavy atom. The van der Waals surface area contributed by atoms with Crippen LogP contribution in [0.2, 0.25) is 0 Å².